The van der Waals surface area contributed by atoms with Crippen molar-refractivity contribution in [2.75, 3.05) is 6.61 Å². The average molecular weight is 178 g/mol. The second kappa shape index (κ2) is 4.39. The first-order valence-corrected chi connectivity index (χ1v) is 3.62. The third-order valence-corrected chi connectivity index (χ3v) is 1.43. The molecule has 0 aromatic heterocycles. The summed E-state index contributed by atoms with van der Waals surface area (Å²) in [5.41, 5.74) is 0.451. The molecule has 0 atom stereocenters. The van der Waals surface area contributed by atoms with Gasteiger partial charge in [-0.1, -0.05) is 17.9 Å². The molecule has 0 aliphatic rings. The molecule has 0 bridgehead atoms. The molecule has 0 heterocycles. The summed E-state index contributed by atoms with van der Waals surface area (Å²) in [7, 11) is 0. The molecule has 1 aromatic carbocycles. The Kier molecular flexibility index (Phi) is 3.18. The van der Waals surface area contributed by atoms with Gasteiger partial charge >= 0.3 is 0 Å². The molecule has 1 aromatic rings. The fourth-order valence-electron chi connectivity index (χ4n) is 0.841. The first-order valence-electron chi connectivity index (χ1n) is 3.62. The van der Waals surface area contributed by atoms with Gasteiger partial charge in [0.15, 0.2) is 0 Å². The molecule has 3 heteroatoms. The molecule has 13 heavy (non-hydrogen) atoms. The number of carbonyl (C=O) groups is 1. The Morgan fingerprint density at radius 2 is 2.31 bits per heavy atom. The Hall–Kier alpha value is -1.66. The minimum atomic E-state index is -0.550. The smallest absolute Gasteiger partial charge is 0.150 e. The number of rotatable bonds is 1. The quantitative estimate of drug-likeness (QED) is 0.514. The first-order chi connectivity index (χ1) is 6.27. The van der Waals surface area contributed by atoms with E-state index in [0.717, 1.165) is 6.07 Å². The zero-order chi connectivity index (χ0) is 9.68. The molecule has 0 aliphatic carbocycles. The fourth-order valence-corrected chi connectivity index (χ4v) is 0.841. The van der Waals surface area contributed by atoms with E-state index in [1.54, 1.807) is 0 Å². The predicted octanol–water partition coefficient (Wildman–Crippen LogP) is 0.982. The van der Waals surface area contributed by atoms with Crippen LogP contribution in [0.15, 0.2) is 18.2 Å². The van der Waals surface area contributed by atoms with Crippen LogP contribution in [0.3, 0.4) is 0 Å². The minimum absolute atomic E-state index is 0.180. The number of halogens is 1. The molecule has 0 unspecified atom stereocenters. The Morgan fingerprint density at radius 1 is 1.54 bits per heavy atom. The molecule has 0 saturated carbocycles. The Bertz CT molecular complexity index is 374. The first kappa shape index (κ1) is 9.43. The van der Waals surface area contributed by atoms with Crippen molar-refractivity contribution < 1.29 is 14.3 Å². The van der Waals surface area contributed by atoms with E-state index in [2.05, 4.69) is 11.8 Å². The van der Waals surface area contributed by atoms with Gasteiger partial charge < -0.3 is 5.11 Å². The maximum atomic E-state index is 13.0. The van der Waals surface area contributed by atoms with Crippen LogP contribution in [0.5, 0.6) is 0 Å². The topological polar surface area (TPSA) is 37.3 Å². The van der Waals surface area contributed by atoms with Crippen molar-refractivity contribution in [2.45, 2.75) is 0 Å². The lowest BCUT2D eigenvalue weighted by molar-refractivity contribution is 0.112. The monoisotopic (exact) mass is 178 g/mol. The summed E-state index contributed by atoms with van der Waals surface area (Å²) in [4.78, 5) is 10.2. The molecule has 0 amide bonds. The highest BCUT2D eigenvalue weighted by Gasteiger charge is 1.99. The van der Waals surface area contributed by atoms with Crippen LogP contribution in [-0.4, -0.2) is 18.0 Å². The van der Waals surface area contributed by atoms with Crippen LogP contribution in [-0.2, 0) is 0 Å². The number of benzene rings is 1. The van der Waals surface area contributed by atoms with Gasteiger partial charge in [0.1, 0.15) is 18.7 Å². The van der Waals surface area contributed by atoms with Gasteiger partial charge in [-0.25, -0.2) is 4.39 Å². The van der Waals surface area contributed by atoms with Crippen molar-refractivity contribution in [3.05, 3.63) is 35.1 Å². The predicted molar refractivity (Wildman–Crippen MR) is 45.8 cm³/mol. The number of aldehydes is 1. The molecule has 66 valence electrons. The van der Waals surface area contributed by atoms with Crippen molar-refractivity contribution in [2.24, 2.45) is 0 Å². The normalized spacial score (nSPS) is 8.77. The number of aliphatic hydroxyl groups excluding tert-OH is 1. The summed E-state index contributed by atoms with van der Waals surface area (Å²) in [5.74, 6) is 4.19. The van der Waals surface area contributed by atoms with Gasteiger partial charge in [-0.15, -0.1) is 0 Å². The average Bonchev–Trinajstić information content (AvgIpc) is 2.16. The number of carbonyl (C=O) groups excluding carboxylic acids is 1. The third kappa shape index (κ3) is 2.39. The highest BCUT2D eigenvalue weighted by molar-refractivity contribution is 5.75. The van der Waals surface area contributed by atoms with Gasteiger partial charge in [-0.2, -0.15) is 0 Å². The van der Waals surface area contributed by atoms with Crippen molar-refractivity contribution in [3.63, 3.8) is 0 Å². The lowest BCUT2D eigenvalue weighted by Gasteiger charge is -1.94. The highest BCUT2D eigenvalue weighted by atomic mass is 19.1. The lowest BCUT2D eigenvalue weighted by Crippen LogP contribution is -1.87. The van der Waals surface area contributed by atoms with E-state index in [1.165, 1.54) is 12.1 Å². The maximum Gasteiger partial charge on any atom is 0.150 e. The molecule has 0 saturated heterocycles. The van der Waals surface area contributed by atoms with E-state index in [0.29, 0.717) is 6.29 Å². The Balaban J connectivity index is 3.05. The van der Waals surface area contributed by atoms with E-state index < -0.39 is 5.82 Å². The summed E-state index contributed by atoms with van der Waals surface area (Å²) in [6.45, 7) is -0.311. The van der Waals surface area contributed by atoms with Crippen molar-refractivity contribution in [3.8, 4) is 11.8 Å². The molecule has 0 aliphatic heterocycles. The standard InChI is InChI=1S/C10H7FO2/c11-10-6-8(7-13)3-4-9(10)2-1-5-12/h3-4,6-7,12H,5H2. The van der Waals surface area contributed by atoms with E-state index in [-0.39, 0.29) is 17.7 Å². The van der Waals surface area contributed by atoms with Crippen LogP contribution < -0.4 is 0 Å². The number of aliphatic hydroxyl groups is 1. The molecule has 0 radical (unpaired) electrons. The van der Waals surface area contributed by atoms with Crippen LogP contribution in [0.2, 0.25) is 0 Å². The van der Waals surface area contributed by atoms with Gasteiger partial charge in [0, 0.05) is 5.56 Å². The zero-order valence-corrected chi connectivity index (χ0v) is 6.75. The fraction of sp³-hybridized carbons (Fsp3) is 0.100. The number of hydrogen-bond acceptors (Lipinski definition) is 2. The lowest BCUT2D eigenvalue weighted by atomic mass is 10.1. The largest absolute Gasteiger partial charge is 0.384 e. The van der Waals surface area contributed by atoms with Gasteiger partial charge in [0.05, 0.1) is 5.56 Å². The summed E-state index contributed by atoms with van der Waals surface area (Å²) >= 11 is 0. The second-order valence-electron chi connectivity index (χ2n) is 2.32. The van der Waals surface area contributed by atoms with Crippen LogP contribution in [0.1, 0.15) is 15.9 Å². The molecule has 1 N–H and O–H groups in total. The third-order valence-electron chi connectivity index (χ3n) is 1.43. The van der Waals surface area contributed by atoms with Crippen molar-refractivity contribution in [1.29, 1.82) is 0 Å². The second-order valence-corrected chi connectivity index (χ2v) is 2.32. The van der Waals surface area contributed by atoms with Gasteiger partial charge in [-0.3, -0.25) is 4.79 Å². The SMILES string of the molecule is O=Cc1ccc(C#CCO)c(F)c1. The van der Waals surface area contributed by atoms with E-state index >= 15 is 0 Å². The number of hydrogen-bond donors (Lipinski definition) is 1. The zero-order valence-electron chi connectivity index (χ0n) is 6.75. The Labute approximate surface area is 75.0 Å². The van der Waals surface area contributed by atoms with Gasteiger partial charge in [0.2, 0.25) is 0 Å². The molecular formula is C10H7FO2. The van der Waals surface area contributed by atoms with Crippen LogP contribution >= 0.6 is 0 Å². The summed E-state index contributed by atoms with van der Waals surface area (Å²) in [5, 5.41) is 8.37. The summed E-state index contributed by atoms with van der Waals surface area (Å²) < 4.78 is 13.0. The van der Waals surface area contributed by atoms with Crippen molar-refractivity contribution in [1.82, 2.24) is 0 Å². The van der Waals surface area contributed by atoms with E-state index in [9.17, 15) is 9.18 Å². The summed E-state index contributed by atoms with van der Waals surface area (Å²) in [6.07, 6.45) is 0.562. The van der Waals surface area contributed by atoms with Crippen LogP contribution in [0.4, 0.5) is 4.39 Å². The molecule has 1 rings (SSSR count). The van der Waals surface area contributed by atoms with E-state index in [1.807, 2.05) is 0 Å². The summed E-state index contributed by atoms with van der Waals surface area (Å²) in [6, 6.07) is 3.98. The van der Waals surface area contributed by atoms with Gasteiger partial charge in [0.25, 0.3) is 0 Å². The molecule has 0 spiro atoms. The molecule has 0 fully saturated rings. The highest BCUT2D eigenvalue weighted by Crippen LogP contribution is 2.07. The maximum absolute atomic E-state index is 13.0. The van der Waals surface area contributed by atoms with Crippen molar-refractivity contribution >= 4 is 6.29 Å². The van der Waals surface area contributed by atoms with Crippen LogP contribution in [0.25, 0.3) is 0 Å². The molecular weight excluding hydrogens is 171 g/mol. The van der Waals surface area contributed by atoms with Crippen LogP contribution in [0, 0.1) is 17.7 Å². The van der Waals surface area contributed by atoms with E-state index in [4.69, 9.17) is 5.11 Å². The molecule has 2 nitrogen and oxygen atoms in total. The van der Waals surface area contributed by atoms with Gasteiger partial charge in [-0.05, 0) is 12.1 Å². The Morgan fingerprint density at radius 3 is 2.85 bits per heavy atom. The minimum Gasteiger partial charge on any atom is -0.384 e.